The number of halogens is 1. The number of ether oxygens (including phenoxy) is 2. The molecular weight excluding hydrogens is 360 g/mol. The Hall–Kier alpha value is -3.03. The molecule has 5 heteroatoms. The van der Waals surface area contributed by atoms with E-state index in [4.69, 9.17) is 26.3 Å². The highest BCUT2D eigenvalue weighted by Crippen LogP contribution is 2.31. The molecule has 1 heterocycles. The van der Waals surface area contributed by atoms with Gasteiger partial charge in [-0.05, 0) is 30.2 Å². The van der Waals surface area contributed by atoms with Gasteiger partial charge in [-0.2, -0.15) is 5.26 Å². The van der Waals surface area contributed by atoms with E-state index < -0.39 is 0 Å². The van der Waals surface area contributed by atoms with E-state index in [9.17, 15) is 0 Å². The molecule has 0 saturated carbocycles. The van der Waals surface area contributed by atoms with Crippen LogP contribution in [0.25, 0.3) is 0 Å². The van der Waals surface area contributed by atoms with Crippen LogP contribution in [-0.2, 0) is 13.0 Å². The molecule has 0 saturated heterocycles. The van der Waals surface area contributed by atoms with Crippen LogP contribution in [-0.4, -0.2) is 4.98 Å². The lowest BCUT2D eigenvalue weighted by Gasteiger charge is -2.13. The maximum Gasteiger partial charge on any atom is 0.217 e. The van der Waals surface area contributed by atoms with Crippen LogP contribution >= 0.6 is 11.6 Å². The molecule has 0 N–H and O–H groups in total. The summed E-state index contributed by atoms with van der Waals surface area (Å²) in [6, 6.07) is 18.7. The molecule has 0 spiro atoms. The van der Waals surface area contributed by atoms with E-state index in [1.807, 2.05) is 30.3 Å². The van der Waals surface area contributed by atoms with E-state index in [1.54, 1.807) is 30.5 Å². The second-order valence-corrected chi connectivity index (χ2v) is 6.48. The molecule has 0 atom stereocenters. The minimum absolute atomic E-state index is 0.427. The molecule has 0 fully saturated rings. The predicted molar refractivity (Wildman–Crippen MR) is 105 cm³/mol. The summed E-state index contributed by atoms with van der Waals surface area (Å²) >= 11 is 6.08. The Morgan fingerprint density at radius 3 is 2.67 bits per heavy atom. The monoisotopic (exact) mass is 378 g/mol. The van der Waals surface area contributed by atoms with Crippen molar-refractivity contribution < 1.29 is 9.47 Å². The summed E-state index contributed by atoms with van der Waals surface area (Å²) in [6.45, 7) is 2.52. The van der Waals surface area contributed by atoms with Gasteiger partial charge in [0.2, 0.25) is 5.88 Å². The lowest BCUT2D eigenvalue weighted by molar-refractivity contribution is 0.292. The van der Waals surface area contributed by atoms with Crippen molar-refractivity contribution in [3.05, 3.63) is 82.5 Å². The molecule has 1 aromatic heterocycles. The third-order valence-electron chi connectivity index (χ3n) is 3.90. The number of aryl methyl sites for hydroxylation is 1. The molecule has 4 nitrogen and oxygen atoms in total. The quantitative estimate of drug-likeness (QED) is 0.511. The summed E-state index contributed by atoms with van der Waals surface area (Å²) in [5.74, 6) is 1.65. The normalized spacial score (nSPS) is 10.3. The van der Waals surface area contributed by atoms with Crippen molar-refractivity contribution in [3.63, 3.8) is 0 Å². The Morgan fingerprint density at radius 2 is 1.93 bits per heavy atom. The fourth-order valence-corrected chi connectivity index (χ4v) is 2.85. The zero-order chi connectivity index (χ0) is 19.1. The number of rotatable bonds is 7. The summed E-state index contributed by atoms with van der Waals surface area (Å²) < 4.78 is 11.8. The number of aromatic nitrogens is 1. The van der Waals surface area contributed by atoms with E-state index >= 15 is 0 Å². The molecule has 0 bridgehead atoms. The Kier molecular flexibility index (Phi) is 6.30. The molecule has 3 aromatic rings. The van der Waals surface area contributed by atoms with Crippen LogP contribution in [0.15, 0.2) is 60.8 Å². The van der Waals surface area contributed by atoms with Crippen molar-refractivity contribution in [2.45, 2.75) is 26.4 Å². The Balaban J connectivity index is 1.83. The lowest BCUT2D eigenvalue weighted by Crippen LogP contribution is -2.00. The fraction of sp³-hybridized carbons (Fsp3) is 0.182. The van der Waals surface area contributed by atoms with Crippen molar-refractivity contribution in [3.8, 4) is 23.4 Å². The first-order valence-corrected chi connectivity index (χ1v) is 9.10. The highest BCUT2D eigenvalue weighted by Gasteiger charge is 2.10. The first-order chi connectivity index (χ1) is 13.2. The number of hydrogen-bond donors (Lipinski definition) is 0. The van der Waals surface area contributed by atoms with E-state index in [1.165, 1.54) is 0 Å². The van der Waals surface area contributed by atoms with Gasteiger partial charge in [0.15, 0.2) is 0 Å². The molecule has 0 amide bonds. The number of nitriles is 1. The summed E-state index contributed by atoms with van der Waals surface area (Å²) in [4.78, 5) is 4.39. The van der Waals surface area contributed by atoms with E-state index in [-0.39, 0.29) is 0 Å². The maximum absolute atomic E-state index is 9.12. The zero-order valence-corrected chi connectivity index (χ0v) is 15.7. The number of hydrogen-bond acceptors (Lipinski definition) is 4. The third kappa shape index (κ3) is 5.22. The molecule has 2 aromatic carbocycles. The highest BCUT2D eigenvalue weighted by molar-refractivity contribution is 6.30. The largest absolute Gasteiger partial charge is 0.473 e. The highest BCUT2D eigenvalue weighted by atomic mass is 35.5. The summed E-state index contributed by atoms with van der Waals surface area (Å²) in [5, 5.41) is 9.57. The van der Waals surface area contributed by atoms with Crippen LogP contribution in [0.2, 0.25) is 5.02 Å². The van der Waals surface area contributed by atoms with Gasteiger partial charge in [-0.1, -0.05) is 55.3 Å². The van der Waals surface area contributed by atoms with Gasteiger partial charge in [0, 0.05) is 22.8 Å². The van der Waals surface area contributed by atoms with E-state index in [2.05, 4.69) is 18.0 Å². The van der Waals surface area contributed by atoms with Crippen molar-refractivity contribution in [2.24, 2.45) is 0 Å². The van der Waals surface area contributed by atoms with Crippen LogP contribution in [0.1, 0.15) is 30.0 Å². The predicted octanol–water partition coefficient (Wildman–Crippen LogP) is 5.93. The van der Waals surface area contributed by atoms with Crippen LogP contribution in [0.5, 0.6) is 17.4 Å². The number of pyridine rings is 1. The van der Waals surface area contributed by atoms with Gasteiger partial charge in [-0.3, -0.25) is 0 Å². The smallest absolute Gasteiger partial charge is 0.217 e. The molecular formula is C22H19ClN2O2. The van der Waals surface area contributed by atoms with Gasteiger partial charge in [0.25, 0.3) is 0 Å². The zero-order valence-electron chi connectivity index (χ0n) is 15.0. The molecule has 0 aliphatic carbocycles. The van der Waals surface area contributed by atoms with Crippen molar-refractivity contribution in [1.82, 2.24) is 4.98 Å². The van der Waals surface area contributed by atoms with Gasteiger partial charge in [-0.25, -0.2) is 4.98 Å². The summed E-state index contributed by atoms with van der Waals surface area (Å²) in [6.07, 6.45) is 3.56. The van der Waals surface area contributed by atoms with Crippen molar-refractivity contribution in [1.29, 1.82) is 5.26 Å². The molecule has 0 aliphatic heterocycles. The summed E-state index contributed by atoms with van der Waals surface area (Å²) in [5.41, 5.74) is 2.49. The minimum atomic E-state index is 0.427. The molecule has 27 heavy (non-hydrogen) atoms. The SMILES string of the molecule is CCCc1cnc(OCc2ccccc2)cc1Oc1cc(Cl)cc(C#N)c1. The molecule has 0 aliphatic rings. The van der Waals surface area contributed by atoms with Crippen LogP contribution in [0, 0.1) is 11.3 Å². The number of benzene rings is 2. The fourth-order valence-electron chi connectivity index (χ4n) is 2.62. The van der Waals surface area contributed by atoms with Gasteiger partial charge < -0.3 is 9.47 Å². The second kappa shape index (κ2) is 9.07. The Labute approximate surface area is 164 Å². The average molecular weight is 379 g/mol. The van der Waals surface area contributed by atoms with Crippen molar-refractivity contribution in [2.75, 3.05) is 0 Å². The average Bonchev–Trinajstić information content (AvgIpc) is 2.68. The molecule has 0 radical (unpaired) electrons. The van der Waals surface area contributed by atoms with Gasteiger partial charge in [0.05, 0.1) is 11.6 Å². The first kappa shape index (κ1) is 18.8. The van der Waals surface area contributed by atoms with Gasteiger partial charge in [0.1, 0.15) is 18.1 Å². The van der Waals surface area contributed by atoms with Crippen molar-refractivity contribution >= 4 is 11.6 Å². The summed E-state index contributed by atoms with van der Waals surface area (Å²) in [7, 11) is 0. The second-order valence-electron chi connectivity index (χ2n) is 6.04. The Bertz CT molecular complexity index is 952. The van der Waals surface area contributed by atoms with Gasteiger partial charge in [-0.15, -0.1) is 0 Å². The minimum Gasteiger partial charge on any atom is -0.473 e. The van der Waals surface area contributed by atoms with Crippen LogP contribution < -0.4 is 9.47 Å². The maximum atomic E-state index is 9.12. The lowest BCUT2D eigenvalue weighted by atomic mass is 10.1. The van der Waals surface area contributed by atoms with Crippen LogP contribution in [0.4, 0.5) is 0 Å². The third-order valence-corrected chi connectivity index (χ3v) is 4.11. The number of nitrogens with zero attached hydrogens (tertiary/aromatic N) is 2. The molecule has 136 valence electrons. The van der Waals surface area contributed by atoms with Crippen LogP contribution in [0.3, 0.4) is 0 Å². The van der Waals surface area contributed by atoms with E-state index in [0.717, 1.165) is 24.0 Å². The molecule has 0 unspecified atom stereocenters. The van der Waals surface area contributed by atoms with E-state index in [0.29, 0.717) is 34.6 Å². The Morgan fingerprint density at radius 1 is 1.11 bits per heavy atom. The van der Waals surface area contributed by atoms with Gasteiger partial charge >= 0.3 is 0 Å². The topological polar surface area (TPSA) is 55.1 Å². The molecule has 3 rings (SSSR count). The first-order valence-electron chi connectivity index (χ1n) is 8.72. The standard InChI is InChI=1S/C22H19ClN2O2/c1-2-6-18-14-25-22(26-15-16-7-4-3-5-8-16)12-21(18)27-20-10-17(13-24)9-19(23)11-20/h3-5,7-12,14H,2,6,15H2,1H3.